The van der Waals surface area contributed by atoms with Crippen molar-refractivity contribution in [2.45, 2.75) is 31.5 Å². The topological polar surface area (TPSA) is 32.3 Å². The van der Waals surface area contributed by atoms with Crippen LogP contribution in [-0.4, -0.2) is 11.1 Å². The van der Waals surface area contributed by atoms with Crippen molar-refractivity contribution in [1.82, 2.24) is 5.32 Å². The van der Waals surface area contributed by atoms with E-state index in [1.165, 1.54) is 0 Å². The molecule has 0 spiro atoms. The van der Waals surface area contributed by atoms with Crippen LogP contribution in [0.2, 0.25) is 0 Å². The van der Waals surface area contributed by atoms with Crippen molar-refractivity contribution < 1.29 is 5.11 Å². The van der Waals surface area contributed by atoms with Gasteiger partial charge in [-0.2, -0.15) is 0 Å². The molecule has 0 radical (unpaired) electrons. The van der Waals surface area contributed by atoms with Gasteiger partial charge in [0.15, 0.2) is 0 Å². The number of aliphatic hydroxyl groups is 1. The second kappa shape index (κ2) is 7.64. The zero-order valence-corrected chi connectivity index (χ0v) is 14.8. The van der Waals surface area contributed by atoms with Gasteiger partial charge < -0.3 is 10.4 Å². The van der Waals surface area contributed by atoms with Crippen molar-refractivity contribution in [2.24, 2.45) is 0 Å². The highest BCUT2D eigenvalue weighted by molar-refractivity contribution is 5.41. The first-order chi connectivity index (χ1) is 12.1. The monoisotopic (exact) mass is 331 g/mol. The summed E-state index contributed by atoms with van der Waals surface area (Å²) in [5.41, 5.74) is 1.64. The third-order valence-corrected chi connectivity index (χ3v) is 4.48. The molecule has 0 saturated carbocycles. The van der Waals surface area contributed by atoms with Crippen molar-refractivity contribution in [1.29, 1.82) is 0 Å². The summed E-state index contributed by atoms with van der Waals surface area (Å²) in [6.07, 6.45) is 0. The fourth-order valence-corrected chi connectivity index (χ4v) is 3.32. The van der Waals surface area contributed by atoms with Crippen LogP contribution in [0.25, 0.3) is 0 Å². The lowest BCUT2D eigenvalue weighted by molar-refractivity contribution is 0.0329. The van der Waals surface area contributed by atoms with E-state index in [-0.39, 0.29) is 12.1 Å². The highest BCUT2D eigenvalue weighted by atomic mass is 16.3. The van der Waals surface area contributed by atoms with Crippen LogP contribution in [-0.2, 0) is 5.60 Å². The summed E-state index contributed by atoms with van der Waals surface area (Å²) in [5.74, 6) is 0. The van der Waals surface area contributed by atoms with Gasteiger partial charge in [-0.1, -0.05) is 105 Å². The molecule has 0 fully saturated rings. The molecule has 0 aliphatic heterocycles. The first kappa shape index (κ1) is 17.4. The molecular weight excluding hydrogens is 306 g/mol. The Bertz CT molecular complexity index is 729. The quantitative estimate of drug-likeness (QED) is 0.688. The summed E-state index contributed by atoms with van der Waals surface area (Å²) >= 11 is 0. The normalized spacial score (nSPS) is 13.0. The van der Waals surface area contributed by atoms with Crippen molar-refractivity contribution in [2.75, 3.05) is 0 Å². The Morgan fingerprint density at radius 1 is 0.680 bits per heavy atom. The van der Waals surface area contributed by atoms with Crippen LogP contribution < -0.4 is 5.32 Å². The first-order valence-electron chi connectivity index (χ1n) is 8.77. The third kappa shape index (κ3) is 3.65. The average Bonchev–Trinajstić information content (AvgIpc) is 2.67. The molecule has 1 atom stereocenters. The van der Waals surface area contributed by atoms with E-state index in [1.807, 2.05) is 78.9 Å². The minimum atomic E-state index is -1.17. The van der Waals surface area contributed by atoms with E-state index < -0.39 is 5.60 Å². The van der Waals surface area contributed by atoms with E-state index in [2.05, 4.69) is 31.3 Å². The van der Waals surface area contributed by atoms with Gasteiger partial charge >= 0.3 is 0 Å². The number of benzene rings is 3. The molecule has 3 aromatic rings. The number of hydrogen-bond donors (Lipinski definition) is 2. The van der Waals surface area contributed by atoms with Gasteiger partial charge in [-0.25, -0.2) is 0 Å². The molecule has 0 bridgehead atoms. The molecule has 0 aliphatic rings. The molecule has 0 heterocycles. The molecule has 3 aromatic carbocycles. The Morgan fingerprint density at radius 2 is 1.08 bits per heavy atom. The van der Waals surface area contributed by atoms with Gasteiger partial charge in [-0.05, 0) is 16.7 Å². The summed E-state index contributed by atoms with van der Waals surface area (Å²) in [7, 11) is 0. The highest BCUT2D eigenvalue weighted by Gasteiger charge is 2.41. The zero-order chi connectivity index (χ0) is 17.7. The molecule has 0 amide bonds. The van der Waals surface area contributed by atoms with Crippen LogP contribution in [0.3, 0.4) is 0 Å². The lowest BCUT2D eigenvalue weighted by Gasteiger charge is -2.39. The van der Waals surface area contributed by atoms with E-state index in [9.17, 15) is 5.11 Å². The molecule has 25 heavy (non-hydrogen) atoms. The van der Waals surface area contributed by atoms with E-state index in [1.54, 1.807) is 0 Å². The minimum absolute atomic E-state index is 0.226. The second-order valence-electron chi connectivity index (χ2n) is 6.66. The average molecular weight is 331 g/mol. The maximum atomic E-state index is 12.1. The standard InChI is InChI=1S/C23H25NO/c1-18(2)24-22(19-12-6-3-7-13-19)23(25,20-14-8-4-9-15-20)21-16-10-5-11-17-21/h3-18,22,24-25H,1-2H3/t22-/m0/s1. The zero-order valence-electron chi connectivity index (χ0n) is 14.8. The summed E-state index contributed by atoms with van der Waals surface area (Å²) in [6, 6.07) is 29.9. The Morgan fingerprint density at radius 3 is 1.48 bits per heavy atom. The Labute approximate surface area is 150 Å². The van der Waals surface area contributed by atoms with Gasteiger partial charge in [0.25, 0.3) is 0 Å². The highest BCUT2D eigenvalue weighted by Crippen LogP contribution is 2.41. The predicted octanol–water partition coefficient (Wildman–Crippen LogP) is 4.66. The molecule has 0 aromatic heterocycles. The number of nitrogens with one attached hydrogen (secondary N) is 1. The van der Waals surface area contributed by atoms with Gasteiger partial charge in [0.1, 0.15) is 5.60 Å². The van der Waals surface area contributed by atoms with Gasteiger partial charge in [-0.3, -0.25) is 0 Å². The van der Waals surface area contributed by atoms with Gasteiger partial charge in [0.05, 0.1) is 6.04 Å². The van der Waals surface area contributed by atoms with Crippen LogP contribution in [0.15, 0.2) is 91.0 Å². The van der Waals surface area contributed by atoms with Crippen molar-refractivity contribution in [3.8, 4) is 0 Å². The lowest BCUT2D eigenvalue weighted by atomic mass is 9.77. The molecular formula is C23H25NO. The van der Waals surface area contributed by atoms with Crippen molar-refractivity contribution >= 4 is 0 Å². The van der Waals surface area contributed by atoms with E-state index >= 15 is 0 Å². The number of rotatable bonds is 6. The Hall–Kier alpha value is -2.42. The van der Waals surface area contributed by atoms with Crippen molar-refractivity contribution in [3.63, 3.8) is 0 Å². The van der Waals surface area contributed by atoms with Gasteiger partial charge in [0.2, 0.25) is 0 Å². The maximum Gasteiger partial charge on any atom is 0.134 e. The van der Waals surface area contributed by atoms with Crippen LogP contribution in [0, 0.1) is 0 Å². The van der Waals surface area contributed by atoms with E-state index in [0.29, 0.717) is 0 Å². The second-order valence-corrected chi connectivity index (χ2v) is 6.66. The van der Waals surface area contributed by atoms with Gasteiger partial charge in [-0.15, -0.1) is 0 Å². The van der Waals surface area contributed by atoms with Crippen LogP contribution >= 0.6 is 0 Å². The van der Waals surface area contributed by atoms with Crippen molar-refractivity contribution in [3.05, 3.63) is 108 Å². The summed E-state index contributed by atoms with van der Waals surface area (Å²) in [5, 5.41) is 15.6. The molecule has 0 unspecified atom stereocenters. The molecule has 0 aliphatic carbocycles. The first-order valence-corrected chi connectivity index (χ1v) is 8.77. The van der Waals surface area contributed by atoms with Crippen LogP contribution in [0.4, 0.5) is 0 Å². The SMILES string of the molecule is CC(C)N[C@@H](c1ccccc1)C(O)(c1ccccc1)c1ccccc1. The maximum absolute atomic E-state index is 12.1. The van der Waals surface area contributed by atoms with Gasteiger partial charge in [0, 0.05) is 6.04 Å². The molecule has 3 rings (SSSR count). The van der Waals surface area contributed by atoms with E-state index in [4.69, 9.17) is 0 Å². The molecule has 0 saturated heterocycles. The lowest BCUT2D eigenvalue weighted by Crippen LogP contribution is -2.45. The van der Waals surface area contributed by atoms with Crippen LogP contribution in [0.1, 0.15) is 36.6 Å². The predicted molar refractivity (Wildman–Crippen MR) is 103 cm³/mol. The fourth-order valence-electron chi connectivity index (χ4n) is 3.32. The molecule has 2 nitrogen and oxygen atoms in total. The summed E-state index contributed by atoms with van der Waals surface area (Å²) in [4.78, 5) is 0. The fraction of sp³-hybridized carbons (Fsp3) is 0.217. The molecule has 128 valence electrons. The Kier molecular flexibility index (Phi) is 5.32. The van der Waals surface area contributed by atoms with E-state index in [0.717, 1.165) is 16.7 Å². The third-order valence-electron chi connectivity index (χ3n) is 4.48. The summed E-state index contributed by atoms with van der Waals surface area (Å²) < 4.78 is 0. The number of hydrogen-bond acceptors (Lipinski definition) is 2. The smallest absolute Gasteiger partial charge is 0.134 e. The minimum Gasteiger partial charge on any atom is -0.378 e. The largest absolute Gasteiger partial charge is 0.378 e. The summed E-state index contributed by atoms with van der Waals surface area (Å²) in [6.45, 7) is 4.21. The molecule has 2 N–H and O–H groups in total. The Balaban J connectivity index is 2.21. The van der Waals surface area contributed by atoms with Crippen LogP contribution in [0.5, 0.6) is 0 Å². The molecule has 2 heteroatoms.